The number of benzene rings is 2. The van der Waals surface area contributed by atoms with Crippen LogP contribution in [0.3, 0.4) is 0 Å². The van der Waals surface area contributed by atoms with E-state index in [2.05, 4.69) is 44.8 Å². The number of amides is 2. The number of aromatic nitrogens is 1. The number of nitrogens with one attached hydrogen (secondary N) is 2. The first-order chi connectivity index (χ1) is 16.0. The minimum Gasteiger partial charge on any atom is -0.352 e. The Kier molecular flexibility index (Phi) is 6.24. The first kappa shape index (κ1) is 21.8. The van der Waals surface area contributed by atoms with Crippen LogP contribution in [0.25, 0.3) is 0 Å². The Morgan fingerprint density at radius 2 is 2.03 bits per heavy atom. The van der Waals surface area contributed by atoms with Crippen LogP contribution in [0.1, 0.15) is 23.1 Å². The van der Waals surface area contributed by atoms with E-state index in [0.717, 1.165) is 35.8 Å². The summed E-state index contributed by atoms with van der Waals surface area (Å²) in [6.45, 7) is 2.17. The highest BCUT2D eigenvalue weighted by Gasteiger charge is 2.29. The van der Waals surface area contributed by atoms with Crippen LogP contribution in [0.4, 0.5) is 11.5 Å². The molecule has 0 aliphatic carbocycles. The molecule has 3 aromatic rings. The predicted molar refractivity (Wildman–Crippen MR) is 132 cm³/mol. The Morgan fingerprint density at radius 1 is 1.18 bits per heavy atom. The van der Waals surface area contributed by atoms with E-state index in [1.165, 1.54) is 22.9 Å². The van der Waals surface area contributed by atoms with Crippen molar-refractivity contribution in [3.05, 3.63) is 82.5 Å². The van der Waals surface area contributed by atoms with E-state index >= 15 is 0 Å². The molecule has 2 amide bonds. The number of hydrogen-bond donors (Lipinski definition) is 2. The fourth-order valence-electron chi connectivity index (χ4n) is 4.10. The quantitative estimate of drug-likeness (QED) is 0.568. The molecule has 33 heavy (non-hydrogen) atoms. The number of thioether (sulfide) groups is 1. The van der Waals surface area contributed by atoms with Crippen LogP contribution in [0.2, 0.25) is 5.02 Å². The maximum absolute atomic E-state index is 12.5. The summed E-state index contributed by atoms with van der Waals surface area (Å²) in [4.78, 5) is 32.6. The lowest BCUT2D eigenvalue weighted by Crippen LogP contribution is -2.34. The average molecular weight is 479 g/mol. The minimum atomic E-state index is -0.471. The van der Waals surface area contributed by atoms with Crippen LogP contribution in [0, 0.1) is 0 Å². The number of halogens is 1. The summed E-state index contributed by atoms with van der Waals surface area (Å²) in [5, 5.41) is 5.83. The van der Waals surface area contributed by atoms with Gasteiger partial charge in [0.15, 0.2) is 0 Å². The topological polar surface area (TPSA) is 74.3 Å². The molecule has 0 radical (unpaired) electrons. The molecule has 168 valence electrons. The van der Waals surface area contributed by atoms with Crippen molar-refractivity contribution >= 4 is 46.7 Å². The number of hydrogen-bond acceptors (Lipinski definition) is 5. The first-order valence-electron chi connectivity index (χ1n) is 10.9. The van der Waals surface area contributed by atoms with Crippen molar-refractivity contribution in [2.75, 3.05) is 16.8 Å². The normalized spacial score (nSPS) is 17.1. The van der Waals surface area contributed by atoms with Crippen LogP contribution < -0.4 is 15.5 Å². The van der Waals surface area contributed by atoms with Gasteiger partial charge in [0.25, 0.3) is 0 Å². The van der Waals surface area contributed by atoms with E-state index in [0.29, 0.717) is 17.3 Å². The van der Waals surface area contributed by atoms with E-state index in [1.54, 1.807) is 18.3 Å². The summed E-state index contributed by atoms with van der Waals surface area (Å²) in [5.41, 5.74) is 4.37. The molecular formula is C25H23ClN4O2S. The highest BCUT2D eigenvalue weighted by atomic mass is 35.5. The van der Waals surface area contributed by atoms with Gasteiger partial charge in [-0.05, 0) is 47.4 Å². The van der Waals surface area contributed by atoms with Crippen molar-refractivity contribution < 1.29 is 9.59 Å². The van der Waals surface area contributed by atoms with Crippen molar-refractivity contribution in [3.8, 4) is 0 Å². The number of nitrogens with zero attached hydrogens (tertiary/aromatic N) is 2. The maximum Gasteiger partial charge on any atom is 0.238 e. The van der Waals surface area contributed by atoms with Gasteiger partial charge >= 0.3 is 0 Å². The van der Waals surface area contributed by atoms with Crippen molar-refractivity contribution in [3.63, 3.8) is 0 Å². The predicted octanol–water partition coefficient (Wildman–Crippen LogP) is 4.42. The molecule has 5 rings (SSSR count). The second-order valence-corrected chi connectivity index (χ2v) is 9.86. The highest BCUT2D eigenvalue weighted by Crippen LogP contribution is 2.38. The molecule has 2 N–H and O–H groups in total. The zero-order valence-electron chi connectivity index (χ0n) is 17.9. The van der Waals surface area contributed by atoms with E-state index < -0.39 is 5.25 Å². The van der Waals surface area contributed by atoms with Crippen LogP contribution in [-0.4, -0.2) is 28.6 Å². The Bertz CT molecular complexity index is 1200. The second-order valence-electron chi connectivity index (χ2n) is 8.18. The lowest BCUT2D eigenvalue weighted by atomic mass is 10.00. The molecule has 2 aliphatic rings. The molecule has 1 aromatic heterocycles. The van der Waals surface area contributed by atoms with Crippen molar-refractivity contribution in [2.45, 2.75) is 36.1 Å². The van der Waals surface area contributed by atoms with Gasteiger partial charge in [0.2, 0.25) is 11.8 Å². The molecule has 0 saturated heterocycles. The summed E-state index contributed by atoms with van der Waals surface area (Å²) < 4.78 is 0. The Labute approximate surface area is 201 Å². The zero-order chi connectivity index (χ0) is 22.8. The van der Waals surface area contributed by atoms with Gasteiger partial charge in [-0.15, -0.1) is 11.8 Å². The smallest absolute Gasteiger partial charge is 0.238 e. The standard InChI is InChI=1S/C25H23ClN4O2S/c26-19-6-7-21-20(11-19)29-25(32)22(33-21)12-24(31)28-14-16-5-8-23(27-13-16)30-10-9-17-3-1-2-4-18(17)15-30/h1-8,11,13,22H,9-10,12,14-15H2,(H,28,31)(H,29,32). The summed E-state index contributed by atoms with van der Waals surface area (Å²) in [5.74, 6) is 0.587. The molecule has 2 aliphatic heterocycles. The molecule has 8 heteroatoms. The van der Waals surface area contributed by atoms with Crippen LogP contribution in [-0.2, 0) is 29.1 Å². The number of fused-ring (bicyclic) bond motifs is 2. The number of anilines is 2. The lowest BCUT2D eigenvalue weighted by Gasteiger charge is -2.29. The first-order valence-corrected chi connectivity index (χ1v) is 12.1. The van der Waals surface area contributed by atoms with Gasteiger partial charge in [-0.2, -0.15) is 0 Å². The SMILES string of the molecule is O=C(CC1Sc2ccc(Cl)cc2NC1=O)NCc1ccc(N2CCc3ccccc3C2)nc1. The minimum absolute atomic E-state index is 0.108. The fourth-order valence-corrected chi connectivity index (χ4v) is 5.36. The van der Waals surface area contributed by atoms with E-state index in [1.807, 2.05) is 18.2 Å². The third-order valence-corrected chi connectivity index (χ3v) is 7.40. The van der Waals surface area contributed by atoms with Crippen LogP contribution in [0.15, 0.2) is 65.7 Å². The fraction of sp³-hybridized carbons (Fsp3) is 0.240. The van der Waals surface area contributed by atoms with E-state index in [4.69, 9.17) is 11.6 Å². The Hall–Kier alpha value is -3.03. The highest BCUT2D eigenvalue weighted by molar-refractivity contribution is 8.01. The average Bonchev–Trinajstić information content (AvgIpc) is 2.83. The van der Waals surface area contributed by atoms with Gasteiger partial charge in [0.05, 0.1) is 10.9 Å². The maximum atomic E-state index is 12.5. The molecule has 1 unspecified atom stereocenters. The molecule has 3 heterocycles. The third-order valence-electron chi connectivity index (χ3n) is 5.89. The Balaban J connectivity index is 1.14. The summed E-state index contributed by atoms with van der Waals surface area (Å²) in [6.07, 6.45) is 2.93. The number of rotatable bonds is 5. The van der Waals surface area contributed by atoms with Crippen molar-refractivity contribution in [2.24, 2.45) is 0 Å². The van der Waals surface area contributed by atoms with Gasteiger partial charge in [-0.3, -0.25) is 9.59 Å². The van der Waals surface area contributed by atoms with E-state index in [-0.39, 0.29) is 18.2 Å². The van der Waals surface area contributed by atoms with Crippen molar-refractivity contribution in [1.29, 1.82) is 0 Å². The molecule has 0 saturated carbocycles. The van der Waals surface area contributed by atoms with Crippen molar-refractivity contribution in [1.82, 2.24) is 10.3 Å². The summed E-state index contributed by atoms with van der Waals surface area (Å²) in [7, 11) is 0. The number of pyridine rings is 1. The number of carbonyl (C=O) groups is 2. The molecule has 0 fully saturated rings. The largest absolute Gasteiger partial charge is 0.352 e. The lowest BCUT2D eigenvalue weighted by molar-refractivity contribution is -0.124. The monoisotopic (exact) mass is 478 g/mol. The van der Waals surface area contributed by atoms with Gasteiger partial charge in [0.1, 0.15) is 5.82 Å². The zero-order valence-corrected chi connectivity index (χ0v) is 19.5. The van der Waals surface area contributed by atoms with Gasteiger partial charge < -0.3 is 15.5 Å². The third kappa shape index (κ3) is 4.99. The summed E-state index contributed by atoms with van der Waals surface area (Å²) in [6, 6.07) is 17.9. The second kappa shape index (κ2) is 9.45. The molecule has 2 aromatic carbocycles. The molecule has 6 nitrogen and oxygen atoms in total. The summed E-state index contributed by atoms with van der Waals surface area (Å²) >= 11 is 7.37. The number of carbonyl (C=O) groups excluding carboxylic acids is 2. The van der Waals surface area contributed by atoms with Gasteiger partial charge in [-0.1, -0.05) is 41.9 Å². The molecule has 1 atom stereocenters. The molecule has 0 spiro atoms. The molecule has 0 bridgehead atoms. The van der Waals surface area contributed by atoms with E-state index in [9.17, 15) is 9.59 Å². The Morgan fingerprint density at radius 3 is 2.85 bits per heavy atom. The van der Waals surface area contributed by atoms with Gasteiger partial charge in [0, 0.05) is 42.2 Å². The van der Waals surface area contributed by atoms with Crippen LogP contribution in [0.5, 0.6) is 0 Å². The van der Waals surface area contributed by atoms with Gasteiger partial charge in [-0.25, -0.2) is 4.98 Å². The van der Waals surface area contributed by atoms with Crippen LogP contribution >= 0.6 is 23.4 Å². The molecular weight excluding hydrogens is 456 g/mol.